The Hall–Kier alpha value is -0.120. The maximum atomic E-state index is 5.64. The van der Waals surface area contributed by atoms with Crippen molar-refractivity contribution in [2.24, 2.45) is 0 Å². The van der Waals surface area contributed by atoms with Crippen molar-refractivity contribution in [2.45, 2.75) is 64.1 Å². The van der Waals surface area contributed by atoms with Gasteiger partial charge in [0.2, 0.25) is 0 Å². The molecule has 100 valence electrons. The van der Waals surface area contributed by atoms with E-state index in [1.807, 2.05) is 0 Å². The Balaban J connectivity index is 2.04. The van der Waals surface area contributed by atoms with Crippen LogP contribution < -0.4 is 5.32 Å². The second-order valence-corrected chi connectivity index (χ2v) is 5.91. The van der Waals surface area contributed by atoms with Crippen LogP contribution in [0.25, 0.3) is 0 Å². The van der Waals surface area contributed by atoms with E-state index in [1.165, 1.54) is 32.2 Å². The number of rotatable bonds is 4. The summed E-state index contributed by atoms with van der Waals surface area (Å²) in [4.78, 5) is 2.73. The molecule has 2 aliphatic heterocycles. The Morgan fingerprint density at radius 3 is 2.82 bits per heavy atom. The summed E-state index contributed by atoms with van der Waals surface area (Å²) in [5, 5.41) is 3.71. The summed E-state index contributed by atoms with van der Waals surface area (Å²) >= 11 is 0. The van der Waals surface area contributed by atoms with Crippen LogP contribution in [0.15, 0.2) is 0 Å². The third-order valence-electron chi connectivity index (χ3n) is 4.50. The molecule has 3 atom stereocenters. The molecule has 0 aromatic carbocycles. The van der Waals surface area contributed by atoms with Crippen molar-refractivity contribution in [3.63, 3.8) is 0 Å². The summed E-state index contributed by atoms with van der Waals surface area (Å²) in [6.45, 7) is 11.2. The molecular formula is C14H28N2O. The molecular weight excluding hydrogens is 212 g/mol. The van der Waals surface area contributed by atoms with Crippen LogP contribution in [0.1, 0.15) is 46.5 Å². The van der Waals surface area contributed by atoms with Gasteiger partial charge in [-0.05, 0) is 26.2 Å². The van der Waals surface area contributed by atoms with Gasteiger partial charge in [-0.2, -0.15) is 0 Å². The summed E-state index contributed by atoms with van der Waals surface area (Å²) in [5.41, 5.74) is 0.286. The molecule has 0 aromatic heterocycles. The zero-order valence-electron chi connectivity index (χ0n) is 11.7. The third kappa shape index (κ3) is 2.83. The molecule has 17 heavy (non-hydrogen) atoms. The molecule has 1 N–H and O–H groups in total. The van der Waals surface area contributed by atoms with Crippen LogP contribution in [0.5, 0.6) is 0 Å². The topological polar surface area (TPSA) is 24.5 Å². The Bertz CT molecular complexity index is 238. The first-order chi connectivity index (χ1) is 8.19. The zero-order chi connectivity index (χ0) is 12.3. The molecule has 3 nitrogen and oxygen atoms in total. The molecule has 0 saturated carbocycles. The molecule has 2 aliphatic rings. The van der Waals surface area contributed by atoms with E-state index in [9.17, 15) is 0 Å². The fourth-order valence-electron chi connectivity index (χ4n) is 3.31. The van der Waals surface area contributed by atoms with Gasteiger partial charge >= 0.3 is 0 Å². The van der Waals surface area contributed by atoms with Gasteiger partial charge in [-0.3, -0.25) is 4.90 Å². The fourth-order valence-corrected chi connectivity index (χ4v) is 3.31. The lowest BCUT2D eigenvalue weighted by atomic mass is 9.92. The average molecular weight is 240 g/mol. The molecule has 0 aromatic rings. The Labute approximate surface area is 106 Å². The minimum Gasteiger partial charge on any atom is -0.379 e. The van der Waals surface area contributed by atoms with Gasteiger partial charge in [0, 0.05) is 37.3 Å². The van der Waals surface area contributed by atoms with Crippen LogP contribution in [-0.4, -0.2) is 48.8 Å². The maximum absolute atomic E-state index is 5.64. The molecule has 0 spiro atoms. The van der Waals surface area contributed by atoms with Gasteiger partial charge in [0.25, 0.3) is 0 Å². The van der Waals surface area contributed by atoms with Crippen LogP contribution in [0.3, 0.4) is 0 Å². The number of nitrogens with zero attached hydrogens (tertiary/aromatic N) is 1. The summed E-state index contributed by atoms with van der Waals surface area (Å²) < 4.78 is 5.64. The van der Waals surface area contributed by atoms with Gasteiger partial charge in [-0.15, -0.1) is 0 Å². The maximum Gasteiger partial charge on any atom is 0.0648 e. The van der Waals surface area contributed by atoms with Gasteiger partial charge in [-0.1, -0.05) is 20.3 Å². The predicted molar refractivity (Wildman–Crippen MR) is 71.3 cm³/mol. The highest BCUT2D eigenvalue weighted by molar-refractivity contribution is 4.98. The second-order valence-electron chi connectivity index (χ2n) is 5.91. The molecule has 0 amide bonds. The molecule has 0 aliphatic carbocycles. The highest BCUT2D eigenvalue weighted by Crippen LogP contribution is 2.30. The number of nitrogens with one attached hydrogen (secondary N) is 1. The highest BCUT2D eigenvalue weighted by Gasteiger charge is 2.41. The van der Waals surface area contributed by atoms with E-state index in [0.717, 1.165) is 19.8 Å². The molecule has 2 saturated heterocycles. The molecule has 0 bridgehead atoms. The minimum absolute atomic E-state index is 0.286. The third-order valence-corrected chi connectivity index (χ3v) is 4.50. The van der Waals surface area contributed by atoms with E-state index in [4.69, 9.17) is 4.74 Å². The van der Waals surface area contributed by atoms with Crippen LogP contribution >= 0.6 is 0 Å². The van der Waals surface area contributed by atoms with Crippen molar-refractivity contribution in [3.05, 3.63) is 0 Å². The smallest absolute Gasteiger partial charge is 0.0648 e. The summed E-state index contributed by atoms with van der Waals surface area (Å²) in [7, 11) is 0. The van der Waals surface area contributed by atoms with Gasteiger partial charge in [0.05, 0.1) is 6.61 Å². The van der Waals surface area contributed by atoms with Gasteiger partial charge in [-0.25, -0.2) is 0 Å². The first-order valence-electron chi connectivity index (χ1n) is 7.27. The van der Waals surface area contributed by atoms with Crippen molar-refractivity contribution in [1.29, 1.82) is 0 Å². The first kappa shape index (κ1) is 13.3. The van der Waals surface area contributed by atoms with Crippen molar-refractivity contribution in [2.75, 3.05) is 26.3 Å². The first-order valence-corrected chi connectivity index (χ1v) is 7.27. The zero-order valence-corrected chi connectivity index (χ0v) is 11.7. The SMILES string of the molecule is CCCC1CN(C2(C)CCOC2)C(CC)CN1. The van der Waals surface area contributed by atoms with Gasteiger partial charge in [0.15, 0.2) is 0 Å². The normalized spacial score (nSPS) is 39.7. The largest absolute Gasteiger partial charge is 0.379 e. The fraction of sp³-hybridized carbons (Fsp3) is 1.00. The van der Waals surface area contributed by atoms with E-state index in [-0.39, 0.29) is 5.54 Å². The monoisotopic (exact) mass is 240 g/mol. The van der Waals surface area contributed by atoms with Crippen LogP contribution in [0.4, 0.5) is 0 Å². The van der Waals surface area contributed by atoms with E-state index >= 15 is 0 Å². The van der Waals surface area contributed by atoms with Crippen molar-refractivity contribution >= 4 is 0 Å². The van der Waals surface area contributed by atoms with Crippen molar-refractivity contribution in [3.8, 4) is 0 Å². The lowest BCUT2D eigenvalue weighted by Crippen LogP contribution is -2.63. The van der Waals surface area contributed by atoms with Crippen LogP contribution in [0.2, 0.25) is 0 Å². The van der Waals surface area contributed by atoms with Crippen LogP contribution in [-0.2, 0) is 4.74 Å². The minimum atomic E-state index is 0.286. The standard InChI is InChI=1S/C14H28N2O/c1-4-6-12-10-16(13(5-2)9-15-12)14(3)7-8-17-11-14/h12-13,15H,4-11H2,1-3H3. The lowest BCUT2D eigenvalue weighted by molar-refractivity contribution is 0.00947. The number of hydrogen-bond acceptors (Lipinski definition) is 3. The van der Waals surface area contributed by atoms with E-state index in [0.29, 0.717) is 12.1 Å². The molecule has 3 heteroatoms. The number of piperazine rings is 1. The molecule has 2 heterocycles. The molecule has 0 radical (unpaired) electrons. The summed E-state index contributed by atoms with van der Waals surface area (Å²) in [6, 6.07) is 1.37. The van der Waals surface area contributed by atoms with E-state index < -0.39 is 0 Å². The Morgan fingerprint density at radius 1 is 1.41 bits per heavy atom. The van der Waals surface area contributed by atoms with E-state index in [2.05, 4.69) is 31.0 Å². The molecule has 3 unspecified atom stereocenters. The number of ether oxygens (including phenoxy) is 1. The van der Waals surface area contributed by atoms with Crippen LogP contribution in [0, 0.1) is 0 Å². The quantitative estimate of drug-likeness (QED) is 0.813. The van der Waals surface area contributed by atoms with E-state index in [1.54, 1.807) is 0 Å². The van der Waals surface area contributed by atoms with Crippen molar-refractivity contribution in [1.82, 2.24) is 10.2 Å². The molecule has 2 fully saturated rings. The lowest BCUT2D eigenvalue weighted by Gasteiger charge is -2.48. The Morgan fingerprint density at radius 2 is 2.24 bits per heavy atom. The van der Waals surface area contributed by atoms with Gasteiger partial charge < -0.3 is 10.1 Å². The second kappa shape index (κ2) is 5.68. The Kier molecular flexibility index (Phi) is 4.45. The summed E-state index contributed by atoms with van der Waals surface area (Å²) in [5.74, 6) is 0. The predicted octanol–water partition coefficient (Wildman–Crippen LogP) is 2.02. The average Bonchev–Trinajstić information content (AvgIpc) is 2.78. The number of hydrogen-bond donors (Lipinski definition) is 1. The highest BCUT2D eigenvalue weighted by atomic mass is 16.5. The summed E-state index contributed by atoms with van der Waals surface area (Å²) in [6.07, 6.45) is 5.00. The van der Waals surface area contributed by atoms with Crippen molar-refractivity contribution < 1.29 is 4.74 Å². The molecule has 2 rings (SSSR count). The van der Waals surface area contributed by atoms with Gasteiger partial charge in [0.1, 0.15) is 0 Å².